The molecular formula is C17H23N3O. The molecule has 0 unspecified atom stereocenters. The Morgan fingerprint density at radius 3 is 2.81 bits per heavy atom. The molecule has 2 atom stereocenters. The molecule has 21 heavy (non-hydrogen) atoms. The van der Waals surface area contributed by atoms with E-state index in [0.29, 0.717) is 6.04 Å². The Hall–Kier alpha value is -1.81. The van der Waals surface area contributed by atoms with Crippen LogP contribution in [0.4, 0.5) is 0 Å². The summed E-state index contributed by atoms with van der Waals surface area (Å²) in [6.07, 6.45) is 2.26. The number of hydrogen-bond acceptors (Lipinski definition) is 2. The number of nitrogens with zero attached hydrogens (tertiary/aromatic N) is 2. The number of para-hydroxylation sites is 1. The standard InChI is InChI=1S/C17H23N3O/c1-11(2)8-9-19-10-14-6-5-7-15-16(14)20(17(21)18-15)13(4)12(19)3/h5-8,12-13H,9-10H2,1-4H3,(H,18,21)/t12-,13+/m1/s1. The number of hydrogen-bond donors (Lipinski definition) is 1. The second-order valence-corrected chi connectivity index (χ2v) is 6.31. The fourth-order valence-electron chi connectivity index (χ4n) is 3.18. The Morgan fingerprint density at radius 2 is 2.10 bits per heavy atom. The van der Waals surface area contributed by atoms with Crippen LogP contribution in [0, 0.1) is 0 Å². The third-order valence-electron chi connectivity index (χ3n) is 4.61. The summed E-state index contributed by atoms with van der Waals surface area (Å²) in [5.74, 6) is 0. The van der Waals surface area contributed by atoms with Crippen molar-refractivity contribution in [1.82, 2.24) is 14.5 Å². The predicted molar refractivity (Wildman–Crippen MR) is 86.6 cm³/mol. The van der Waals surface area contributed by atoms with Crippen LogP contribution in [0.5, 0.6) is 0 Å². The van der Waals surface area contributed by atoms with Crippen LogP contribution in [-0.2, 0) is 6.54 Å². The second-order valence-electron chi connectivity index (χ2n) is 6.31. The predicted octanol–water partition coefficient (Wildman–Crippen LogP) is 3.06. The molecule has 1 aromatic heterocycles. The average molecular weight is 285 g/mol. The molecular weight excluding hydrogens is 262 g/mol. The van der Waals surface area contributed by atoms with Crippen LogP contribution in [0.3, 0.4) is 0 Å². The van der Waals surface area contributed by atoms with Crippen molar-refractivity contribution in [2.75, 3.05) is 6.54 Å². The molecule has 0 amide bonds. The molecule has 0 fully saturated rings. The number of benzene rings is 1. The van der Waals surface area contributed by atoms with Crippen molar-refractivity contribution in [3.05, 3.63) is 45.9 Å². The normalized spacial score (nSPS) is 22.3. The first-order valence-corrected chi connectivity index (χ1v) is 7.58. The molecule has 112 valence electrons. The van der Waals surface area contributed by atoms with Crippen molar-refractivity contribution in [2.24, 2.45) is 0 Å². The van der Waals surface area contributed by atoms with Crippen LogP contribution in [0.2, 0.25) is 0 Å². The highest BCUT2D eigenvalue weighted by molar-refractivity contribution is 5.79. The Bertz CT molecular complexity index is 749. The SMILES string of the molecule is CC(C)=CCN1Cc2cccc3[nH]c(=O)n(c23)[C@@H](C)[C@H]1C. The summed E-state index contributed by atoms with van der Waals surface area (Å²) in [7, 11) is 0. The molecule has 1 aliphatic rings. The van der Waals surface area contributed by atoms with Crippen LogP contribution in [0.15, 0.2) is 34.6 Å². The van der Waals surface area contributed by atoms with E-state index in [1.54, 1.807) is 0 Å². The molecule has 1 aromatic carbocycles. The minimum Gasteiger partial charge on any atom is -0.306 e. The lowest BCUT2D eigenvalue weighted by molar-refractivity contribution is 0.180. The van der Waals surface area contributed by atoms with E-state index in [9.17, 15) is 4.79 Å². The second kappa shape index (κ2) is 5.19. The van der Waals surface area contributed by atoms with Gasteiger partial charge in [0.2, 0.25) is 0 Å². The van der Waals surface area contributed by atoms with Crippen molar-refractivity contribution in [3.63, 3.8) is 0 Å². The average Bonchev–Trinajstić information content (AvgIpc) is 2.72. The fourth-order valence-corrected chi connectivity index (χ4v) is 3.18. The van der Waals surface area contributed by atoms with E-state index in [4.69, 9.17) is 0 Å². The van der Waals surface area contributed by atoms with Gasteiger partial charge in [0.1, 0.15) is 0 Å². The number of allylic oxidation sites excluding steroid dienone is 1. The largest absolute Gasteiger partial charge is 0.326 e. The minimum absolute atomic E-state index is 0.000800. The summed E-state index contributed by atoms with van der Waals surface area (Å²) in [6, 6.07) is 6.61. The summed E-state index contributed by atoms with van der Waals surface area (Å²) >= 11 is 0. The molecule has 4 nitrogen and oxygen atoms in total. The summed E-state index contributed by atoms with van der Waals surface area (Å²) in [4.78, 5) is 17.7. The number of H-pyrrole nitrogens is 1. The topological polar surface area (TPSA) is 41.0 Å². The van der Waals surface area contributed by atoms with Gasteiger partial charge in [-0.1, -0.05) is 23.8 Å². The zero-order valence-electron chi connectivity index (χ0n) is 13.2. The van der Waals surface area contributed by atoms with Gasteiger partial charge < -0.3 is 4.98 Å². The molecule has 2 heterocycles. The first kappa shape index (κ1) is 14.1. The van der Waals surface area contributed by atoms with E-state index >= 15 is 0 Å². The van der Waals surface area contributed by atoms with Gasteiger partial charge in [0, 0.05) is 19.1 Å². The molecule has 3 rings (SSSR count). The molecule has 2 aromatic rings. The summed E-state index contributed by atoms with van der Waals surface area (Å²) < 4.78 is 1.93. The first-order chi connectivity index (χ1) is 9.99. The van der Waals surface area contributed by atoms with E-state index in [-0.39, 0.29) is 11.7 Å². The molecule has 0 aliphatic carbocycles. The van der Waals surface area contributed by atoms with Crippen LogP contribution in [0.25, 0.3) is 11.0 Å². The number of imidazole rings is 1. The Balaban J connectivity index is 2.13. The van der Waals surface area contributed by atoms with E-state index in [1.165, 1.54) is 11.1 Å². The molecule has 1 N–H and O–H groups in total. The fraction of sp³-hybridized carbons (Fsp3) is 0.471. The number of rotatable bonds is 2. The number of nitrogens with one attached hydrogen (secondary N) is 1. The molecule has 0 saturated carbocycles. The molecule has 4 heteroatoms. The van der Waals surface area contributed by atoms with Gasteiger partial charge >= 0.3 is 5.69 Å². The van der Waals surface area contributed by atoms with Crippen LogP contribution >= 0.6 is 0 Å². The molecule has 1 aliphatic heterocycles. The van der Waals surface area contributed by atoms with Crippen molar-refractivity contribution in [2.45, 2.75) is 46.3 Å². The summed E-state index contributed by atoms with van der Waals surface area (Å²) in [6.45, 7) is 10.4. The Labute approximate surface area is 125 Å². The maximum Gasteiger partial charge on any atom is 0.326 e. The highest BCUT2D eigenvalue weighted by Crippen LogP contribution is 2.29. The Morgan fingerprint density at radius 1 is 1.33 bits per heavy atom. The summed E-state index contributed by atoms with van der Waals surface area (Å²) in [5, 5.41) is 0. The van der Waals surface area contributed by atoms with Gasteiger partial charge in [-0.05, 0) is 39.3 Å². The molecule has 0 spiro atoms. The van der Waals surface area contributed by atoms with Gasteiger partial charge in [-0.15, -0.1) is 0 Å². The number of aromatic nitrogens is 2. The third-order valence-corrected chi connectivity index (χ3v) is 4.61. The van der Waals surface area contributed by atoms with Gasteiger partial charge in [-0.2, -0.15) is 0 Å². The van der Waals surface area contributed by atoms with E-state index in [2.05, 4.69) is 49.7 Å². The van der Waals surface area contributed by atoms with Gasteiger partial charge in [0.25, 0.3) is 0 Å². The van der Waals surface area contributed by atoms with Crippen LogP contribution in [0.1, 0.15) is 39.3 Å². The molecule has 0 bridgehead atoms. The highest BCUT2D eigenvalue weighted by Gasteiger charge is 2.28. The van der Waals surface area contributed by atoms with Crippen molar-refractivity contribution >= 4 is 11.0 Å². The maximum absolute atomic E-state index is 12.3. The summed E-state index contributed by atoms with van der Waals surface area (Å²) in [5.41, 5.74) is 4.57. The first-order valence-electron chi connectivity index (χ1n) is 7.58. The van der Waals surface area contributed by atoms with Crippen molar-refractivity contribution in [3.8, 4) is 0 Å². The lowest BCUT2D eigenvalue weighted by Crippen LogP contribution is -2.38. The smallest absolute Gasteiger partial charge is 0.306 e. The van der Waals surface area contributed by atoms with Gasteiger partial charge in [0.15, 0.2) is 0 Å². The quantitative estimate of drug-likeness (QED) is 0.862. The third kappa shape index (κ3) is 2.33. The molecule has 0 radical (unpaired) electrons. The van der Waals surface area contributed by atoms with Gasteiger partial charge in [0.05, 0.1) is 17.1 Å². The number of aromatic amines is 1. The van der Waals surface area contributed by atoms with Crippen LogP contribution < -0.4 is 5.69 Å². The van der Waals surface area contributed by atoms with Gasteiger partial charge in [-0.25, -0.2) is 4.79 Å². The highest BCUT2D eigenvalue weighted by atomic mass is 16.1. The monoisotopic (exact) mass is 285 g/mol. The van der Waals surface area contributed by atoms with E-state index in [1.807, 2.05) is 16.7 Å². The Kier molecular flexibility index (Phi) is 3.49. The van der Waals surface area contributed by atoms with Crippen molar-refractivity contribution in [1.29, 1.82) is 0 Å². The van der Waals surface area contributed by atoms with E-state index < -0.39 is 0 Å². The van der Waals surface area contributed by atoms with Gasteiger partial charge in [-0.3, -0.25) is 9.47 Å². The zero-order valence-corrected chi connectivity index (χ0v) is 13.2. The van der Waals surface area contributed by atoms with Crippen molar-refractivity contribution < 1.29 is 0 Å². The van der Waals surface area contributed by atoms with Crippen LogP contribution in [-0.4, -0.2) is 27.0 Å². The minimum atomic E-state index is 0.000800. The zero-order chi connectivity index (χ0) is 15.1. The lowest BCUT2D eigenvalue weighted by atomic mass is 10.1. The molecule has 0 saturated heterocycles. The maximum atomic E-state index is 12.3. The van der Waals surface area contributed by atoms with E-state index in [0.717, 1.165) is 24.1 Å². The lowest BCUT2D eigenvalue weighted by Gasteiger charge is -2.30.